The van der Waals surface area contributed by atoms with Crippen molar-refractivity contribution >= 4 is 24.0 Å². The molecule has 0 atom stereocenters. The first kappa shape index (κ1) is 17.4. The number of nitriles is 2. The SMILES string of the molecule is N#C/C(=C/c1ccc(/C=C(\C#N)C(=O)NC2CC2)cc1)C(=O)NC1CC1. The van der Waals surface area contributed by atoms with Crippen molar-refractivity contribution in [1.29, 1.82) is 10.5 Å². The third kappa shape index (κ3) is 4.81. The van der Waals surface area contributed by atoms with Crippen molar-refractivity contribution in [2.45, 2.75) is 37.8 Å². The lowest BCUT2D eigenvalue weighted by atomic mass is 10.1. The van der Waals surface area contributed by atoms with E-state index in [0.717, 1.165) is 25.7 Å². The van der Waals surface area contributed by atoms with Crippen LogP contribution in [0.1, 0.15) is 36.8 Å². The van der Waals surface area contributed by atoms with E-state index in [0.29, 0.717) is 11.1 Å². The van der Waals surface area contributed by atoms with E-state index in [1.165, 1.54) is 12.2 Å². The summed E-state index contributed by atoms with van der Waals surface area (Å²) in [4.78, 5) is 23.9. The van der Waals surface area contributed by atoms with Crippen LogP contribution < -0.4 is 10.6 Å². The molecule has 2 saturated carbocycles. The minimum absolute atomic E-state index is 0.0571. The van der Waals surface area contributed by atoms with E-state index in [4.69, 9.17) is 10.5 Å². The molecular formula is C20H18N4O2. The van der Waals surface area contributed by atoms with Crippen LogP contribution >= 0.6 is 0 Å². The smallest absolute Gasteiger partial charge is 0.262 e. The van der Waals surface area contributed by atoms with Crippen LogP contribution in [0.4, 0.5) is 0 Å². The number of benzene rings is 1. The topological polar surface area (TPSA) is 106 Å². The second-order valence-corrected chi connectivity index (χ2v) is 6.50. The van der Waals surface area contributed by atoms with E-state index < -0.39 is 0 Å². The van der Waals surface area contributed by atoms with Gasteiger partial charge in [-0.1, -0.05) is 24.3 Å². The van der Waals surface area contributed by atoms with Crippen LogP contribution in [0.25, 0.3) is 12.2 Å². The number of carbonyl (C=O) groups excluding carboxylic acids is 2. The number of hydrogen-bond acceptors (Lipinski definition) is 4. The van der Waals surface area contributed by atoms with Gasteiger partial charge in [0.1, 0.15) is 23.3 Å². The molecule has 1 aromatic rings. The van der Waals surface area contributed by atoms with Crippen LogP contribution in [-0.2, 0) is 9.59 Å². The molecule has 0 bridgehead atoms. The summed E-state index contributed by atoms with van der Waals surface area (Å²) in [6, 6.07) is 11.2. The van der Waals surface area contributed by atoms with E-state index in [1.54, 1.807) is 24.3 Å². The summed E-state index contributed by atoms with van der Waals surface area (Å²) in [5, 5.41) is 23.9. The van der Waals surface area contributed by atoms with Crippen molar-refractivity contribution < 1.29 is 9.59 Å². The molecule has 26 heavy (non-hydrogen) atoms. The van der Waals surface area contributed by atoms with Gasteiger partial charge >= 0.3 is 0 Å². The molecule has 3 rings (SSSR count). The highest BCUT2D eigenvalue weighted by atomic mass is 16.2. The van der Waals surface area contributed by atoms with Crippen molar-refractivity contribution in [3.63, 3.8) is 0 Å². The molecular weight excluding hydrogens is 328 g/mol. The van der Waals surface area contributed by atoms with Gasteiger partial charge in [-0.25, -0.2) is 0 Å². The van der Waals surface area contributed by atoms with Gasteiger partial charge in [0.25, 0.3) is 11.8 Å². The molecule has 2 aliphatic carbocycles. The van der Waals surface area contributed by atoms with Gasteiger partial charge in [0.2, 0.25) is 0 Å². The van der Waals surface area contributed by atoms with Crippen molar-refractivity contribution in [3.05, 3.63) is 46.5 Å². The molecule has 0 unspecified atom stereocenters. The molecule has 6 nitrogen and oxygen atoms in total. The van der Waals surface area contributed by atoms with Crippen LogP contribution in [0.5, 0.6) is 0 Å². The van der Waals surface area contributed by atoms with Crippen molar-refractivity contribution in [3.8, 4) is 12.1 Å². The Morgan fingerprint density at radius 1 is 0.808 bits per heavy atom. The Kier molecular flexibility index (Phi) is 5.15. The molecule has 2 aliphatic rings. The summed E-state index contributed by atoms with van der Waals surface area (Å²) in [7, 11) is 0. The molecule has 0 spiro atoms. The largest absolute Gasteiger partial charge is 0.349 e. The molecule has 0 aromatic heterocycles. The molecule has 0 aliphatic heterocycles. The van der Waals surface area contributed by atoms with Gasteiger partial charge < -0.3 is 10.6 Å². The molecule has 130 valence electrons. The highest BCUT2D eigenvalue weighted by molar-refractivity contribution is 6.02. The lowest BCUT2D eigenvalue weighted by Gasteiger charge is -2.03. The summed E-state index contributed by atoms with van der Waals surface area (Å²) in [6.07, 6.45) is 6.89. The second-order valence-electron chi connectivity index (χ2n) is 6.50. The molecule has 2 fully saturated rings. The summed E-state index contributed by atoms with van der Waals surface area (Å²) in [5.74, 6) is -0.718. The first-order valence-electron chi connectivity index (χ1n) is 8.54. The Morgan fingerprint density at radius 3 is 1.42 bits per heavy atom. The molecule has 0 saturated heterocycles. The normalized spacial score (nSPS) is 17.0. The number of nitrogens with one attached hydrogen (secondary N) is 2. The van der Waals surface area contributed by atoms with E-state index in [-0.39, 0.29) is 35.0 Å². The third-order valence-electron chi connectivity index (χ3n) is 4.11. The fraction of sp³-hybridized carbons (Fsp3) is 0.300. The Hall–Kier alpha value is -3.38. The number of nitrogens with zero attached hydrogens (tertiary/aromatic N) is 2. The van der Waals surface area contributed by atoms with Crippen LogP contribution in [-0.4, -0.2) is 23.9 Å². The van der Waals surface area contributed by atoms with Gasteiger partial charge in [-0.2, -0.15) is 10.5 Å². The summed E-state index contributed by atoms with van der Waals surface area (Å²) >= 11 is 0. The standard InChI is InChI=1S/C20H18N4O2/c21-11-15(19(25)23-17-5-6-17)9-13-1-2-14(4-3-13)10-16(12-22)20(26)24-18-7-8-18/h1-4,9-10,17-18H,5-8H2,(H,23,25)(H,24,26)/b15-9-,16-10+. The lowest BCUT2D eigenvalue weighted by Crippen LogP contribution is -2.26. The zero-order valence-corrected chi connectivity index (χ0v) is 14.2. The van der Waals surface area contributed by atoms with Crippen LogP contribution in [0.15, 0.2) is 35.4 Å². The van der Waals surface area contributed by atoms with E-state index in [9.17, 15) is 9.59 Å². The van der Waals surface area contributed by atoms with Crippen LogP contribution in [0.3, 0.4) is 0 Å². The summed E-state index contributed by atoms with van der Waals surface area (Å²) in [6.45, 7) is 0. The first-order valence-corrected chi connectivity index (χ1v) is 8.54. The average molecular weight is 346 g/mol. The van der Waals surface area contributed by atoms with Gasteiger partial charge in [-0.3, -0.25) is 9.59 Å². The number of hydrogen-bond donors (Lipinski definition) is 2. The quantitative estimate of drug-likeness (QED) is 0.607. The Balaban J connectivity index is 1.70. The van der Waals surface area contributed by atoms with Crippen molar-refractivity contribution in [2.24, 2.45) is 0 Å². The highest BCUT2D eigenvalue weighted by Gasteiger charge is 2.25. The highest BCUT2D eigenvalue weighted by Crippen LogP contribution is 2.20. The molecule has 0 radical (unpaired) electrons. The second kappa shape index (κ2) is 7.67. The van der Waals surface area contributed by atoms with Gasteiger partial charge in [0.15, 0.2) is 0 Å². The fourth-order valence-electron chi connectivity index (χ4n) is 2.30. The molecule has 2 N–H and O–H groups in total. The monoisotopic (exact) mass is 346 g/mol. The Bertz CT molecular complexity index is 788. The van der Waals surface area contributed by atoms with Crippen molar-refractivity contribution in [1.82, 2.24) is 10.6 Å². The fourth-order valence-corrected chi connectivity index (χ4v) is 2.30. The maximum Gasteiger partial charge on any atom is 0.262 e. The van der Waals surface area contributed by atoms with E-state index in [1.807, 2.05) is 12.1 Å². The number of amides is 2. The first-order chi connectivity index (χ1) is 12.6. The van der Waals surface area contributed by atoms with Crippen LogP contribution in [0.2, 0.25) is 0 Å². The molecule has 0 heterocycles. The van der Waals surface area contributed by atoms with Gasteiger partial charge in [0.05, 0.1) is 0 Å². The zero-order chi connectivity index (χ0) is 18.5. The van der Waals surface area contributed by atoms with Gasteiger partial charge in [0, 0.05) is 12.1 Å². The average Bonchev–Trinajstić information content (AvgIpc) is 3.55. The molecule has 1 aromatic carbocycles. The molecule has 2 amide bonds. The predicted molar refractivity (Wildman–Crippen MR) is 96.0 cm³/mol. The van der Waals surface area contributed by atoms with Crippen molar-refractivity contribution in [2.75, 3.05) is 0 Å². The minimum Gasteiger partial charge on any atom is -0.349 e. The van der Waals surface area contributed by atoms with Crippen LogP contribution in [0, 0.1) is 22.7 Å². The number of carbonyl (C=O) groups is 2. The van der Waals surface area contributed by atoms with Gasteiger partial charge in [-0.05, 0) is 49.0 Å². The number of rotatable bonds is 6. The van der Waals surface area contributed by atoms with E-state index >= 15 is 0 Å². The Morgan fingerprint density at radius 2 is 1.15 bits per heavy atom. The maximum absolute atomic E-state index is 12.0. The summed E-state index contributed by atoms with van der Waals surface area (Å²) < 4.78 is 0. The third-order valence-corrected chi connectivity index (χ3v) is 4.11. The predicted octanol–water partition coefficient (Wildman–Crippen LogP) is 2.06. The zero-order valence-electron chi connectivity index (χ0n) is 14.2. The minimum atomic E-state index is -0.359. The Labute approximate surface area is 151 Å². The lowest BCUT2D eigenvalue weighted by molar-refractivity contribution is -0.118. The molecule has 6 heteroatoms. The summed E-state index contributed by atoms with van der Waals surface area (Å²) in [5.41, 5.74) is 1.51. The maximum atomic E-state index is 12.0. The van der Waals surface area contributed by atoms with E-state index in [2.05, 4.69) is 10.6 Å². The van der Waals surface area contributed by atoms with Gasteiger partial charge in [-0.15, -0.1) is 0 Å².